The molecule has 0 radical (unpaired) electrons. The third-order valence-electron chi connectivity index (χ3n) is 7.50. The number of aromatic carboxylic acids is 1. The molecule has 1 aromatic heterocycles. The van der Waals surface area contributed by atoms with Crippen LogP contribution in [-0.2, 0) is 11.3 Å². The van der Waals surface area contributed by atoms with Crippen molar-refractivity contribution in [1.29, 1.82) is 0 Å². The Morgan fingerprint density at radius 2 is 1.81 bits per heavy atom. The van der Waals surface area contributed by atoms with Crippen molar-refractivity contribution >= 4 is 34.9 Å². The minimum Gasteiger partial charge on any atom is -0.477 e. The minimum atomic E-state index is -1.62. The molecule has 3 atom stereocenters. The summed E-state index contributed by atoms with van der Waals surface area (Å²) in [5, 5.41) is 17.5. The number of nitrogens with one attached hydrogen (secondary N) is 1. The molecule has 10 heteroatoms. The van der Waals surface area contributed by atoms with Gasteiger partial charge in [0, 0.05) is 29.8 Å². The van der Waals surface area contributed by atoms with Gasteiger partial charge in [0.25, 0.3) is 0 Å². The van der Waals surface area contributed by atoms with Gasteiger partial charge in [-0.15, -0.1) is 0 Å². The lowest BCUT2D eigenvalue weighted by Gasteiger charge is -2.33. The first kappa shape index (κ1) is 23.7. The average Bonchev–Trinajstić information content (AvgIpc) is 3.24. The molecule has 2 aromatic carbocycles. The van der Waals surface area contributed by atoms with Gasteiger partial charge in [-0.05, 0) is 67.5 Å². The van der Waals surface area contributed by atoms with Gasteiger partial charge in [-0.3, -0.25) is 5.10 Å². The Kier molecular flexibility index (Phi) is 5.93. The molecule has 1 aliphatic heterocycles. The zero-order chi connectivity index (χ0) is 25.1. The van der Waals surface area contributed by atoms with Crippen LogP contribution in [0.2, 0.25) is 10.0 Å². The Morgan fingerprint density at radius 3 is 2.39 bits per heavy atom. The largest absolute Gasteiger partial charge is 0.477 e. The lowest BCUT2D eigenvalue weighted by atomic mass is 10.0. The van der Waals surface area contributed by atoms with Crippen molar-refractivity contribution in [2.75, 3.05) is 11.4 Å². The maximum atomic E-state index is 14.2. The highest BCUT2D eigenvalue weighted by molar-refractivity contribution is 6.39. The van der Waals surface area contributed by atoms with Crippen LogP contribution in [0.25, 0.3) is 11.3 Å². The van der Waals surface area contributed by atoms with Crippen molar-refractivity contribution < 1.29 is 23.4 Å². The molecule has 2 bridgehead atoms. The maximum absolute atomic E-state index is 14.2. The fourth-order valence-electron chi connectivity index (χ4n) is 5.61. The van der Waals surface area contributed by atoms with Crippen LogP contribution in [0.3, 0.4) is 0 Å². The summed E-state index contributed by atoms with van der Waals surface area (Å²) in [5.41, 5.74) is 2.77. The number of aromatic nitrogens is 2. The number of nitrogens with zero attached hydrogens (tertiary/aromatic N) is 2. The monoisotopic (exact) mass is 533 g/mol. The van der Waals surface area contributed by atoms with Gasteiger partial charge in [-0.1, -0.05) is 23.2 Å². The third-order valence-corrected chi connectivity index (χ3v) is 8.10. The second kappa shape index (κ2) is 9.01. The van der Waals surface area contributed by atoms with E-state index >= 15 is 0 Å². The number of piperidine rings is 1. The summed E-state index contributed by atoms with van der Waals surface area (Å²) in [6.45, 7) is 0.931. The second-order valence-corrected chi connectivity index (χ2v) is 10.7. The Bertz CT molecular complexity index is 1310. The number of carbonyl (C=O) groups is 1. The van der Waals surface area contributed by atoms with Crippen LogP contribution in [-0.4, -0.2) is 40.0 Å². The fraction of sp³-hybridized carbons (Fsp3) is 0.385. The topological polar surface area (TPSA) is 78.4 Å². The van der Waals surface area contributed by atoms with E-state index in [1.807, 2.05) is 23.1 Å². The van der Waals surface area contributed by atoms with Gasteiger partial charge in [-0.2, -0.15) is 5.10 Å². The van der Waals surface area contributed by atoms with E-state index in [9.17, 15) is 13.6 Å². The number of halogens is 4. The van der Waals surface area contributed by atoms with E-state index in [-0.39, 0.29) is 18.1 Å². The molecule has 3 fully saturated rings. The van der Waals surface area contributed by atoms with Crippen LogP contribution in [0.4, 0.5) is 14.5 Å². The van der Waals surface area contributed by atoms with E-state index in [0.717, 1.165) is 30.7 Å². The number of rotatable bonds is 7. The fourth-order valence-corrected chi connectivity index (χ4v) is 6.30. The molecule has 0 unspecified atom stereocenters. The lowest BCUT2D eigenvalue weighted by Crippen LogP contribution is -2.38. The molecule has 36 heavy (non-hydrogen) atoms. The Labute approximate surface area is 216 Å². The lowest BCUT2D eigenvalue weighted by molar-refractivity contribution is 0.0111. The predicted molar refractivity (Wildman–Crippen MR) is 132 cm³/mol. The molecule has 6 nitrogen and oxygen atoms in total. The first-order valence-electron chi connectivity index (χ1n) is 11.9. The van der Waals surface area contributed by atoms with Crippen LogP contribution in [0.1, 0.15) is 53.2 Å². The summed E-state index contributed by atoms with van der Waals surface area (Å²) < 4.78 is 34.5. The van der Waals surface area contributed by atoms with Crippen molar-refractivity contribution in [1.82, 2.24) is 10.2 Å². The SMILES string of the molecule is O=C(O)c1c(F)cc(N2C[C@@H]3C[C@H]2C[C@H]3OCc2cc(-c3c(Cl)cc(C4CC4)cc3Cl)n[nH]2)cc1F. The minimum absolute atomic E-state index is 0.0102. The van der Waals surface area contributed by atoms with Gasteiger partial charge >= 0.3 is 5.97 Å². The Hall–Kier alpha value is -2.68. The average molecular weight is 534 g/mol. The highest BCUT2D eigenvalue weighted by atomic mass is 35.5. The van der Waals surface area contributed by atoms with E-state index < -0.39 is 23.2 Å². The zero-order valence-electron chi connectivity index (χ0n) is 19.1. The number of ether oxygens (including phenoxy) is 1. The number of benzene rings is 2. The molecule has 1 saturated heterocycles. The molecule has 2 saturated carbocycles. The number of hydrogen-bond acceptors (Lipinski definition) is 4. The van der Waals surface area contributed by atoms with E-state index in [1.54, 1.807) is 0 Å². The first-order chi connectivity index (χ1) is 17.3. The molecule has 3 aromatic rings. The van der Waals surface area contributed by atoms with Crippen molar-refractivity contribution in [3.8, 4) is 11.3 Å². The number of fused-ring (bicyclic) bond motifs is 2. The van der Waals surface area contributed by atoms with Crippen LogP contribution < -0.4 is 4.90 Å². The number of aromatic amines is 1. The van der Waals surface area contributed by atoms with Crippen LogP contribution >= 0.6 is 23.2 Å². The first-order valence-corrected chi connectivity index (χ1v) is 12.7. The summed E-state index contributed by atoms with van der Waals surface area (Å²) in [6.07, 6.45) is 3.91. The molecule has 0 amide bonds. The summed E-state index contributed by atoms with van der Waals surface area (Å²) in [7, 11) is 0. The summed E-state index contributed by atoms with van der Waals surface area (Å²) in [5.74, 6) is -2.98. The number of carboxylic acid groups (broad SMARTS) is 1. The summed E-state index contributed by atoms with van der Waals surface area (Å²) >= 11 is 13.1. The van der Waals surface area contributed by atoms with Gasteiger partial charge in [-0.25, -0.2) is 13.6 Å². The van der Waals surface area contributed by atoms with Gasteiger partial charge in [0.1, 0.15) is 17.2 Å². The van der Waals surface area contributed by atoms with Gasteiger partial charge in [0.2, 0.25) is 0 Å². The molecule has 0 spiro atoms. The molecule has 188 valence electrons. The standard InChI is InChI=1S/C26H23Cl2F2N3O3/c27-18-4-13(12-1-2-12)5-19(28)24(18)22-6-15(31-32-22)11-36-23-9-16-3-14(23)10-33(16)17-7-20(29)25(26(34)35)21(30)8-17/h4-8,12,14,16,23H,1-3,9-11H2,(H,31,32)(H,34,35)/t14-,16-,23+/m0/s1. The van der Waals surface area contributed by atoms with Gasteiger partial charge in [0.15, 0.2) is 0 Å². The normalized spacial score (nSPS) is 23.0. The molecular weight excluding hydrogens is 511 g/mol. The van der Waals surface area contributed by atoms with Gasteiger partial charge in [0.05, 0.1) is 34.1 Å². The molecule has 6 rings (SSSR count). The Balaban J connectivity index is 1.09. The number of carboxylic acids is 1. The van der Waals surface area contributed by atoms with Gasteiger partial charge < -0.3 is 14.7 Å². The van der Waals surface area contributed by atoms with E-state index in [1.165, 1.54) is 18.4 Å². The summed E-state index contributed by atoms with van der Waals surface area (Å²) in [4.78, 5) is 13.0. The van der Waals surface area contributed by atoms with E-state index in [4.69, 9.17) is 33.0 Å². The molecule has 2 aliphatic carbocycles. The van der Waals surface area contributed by atoms with E-state index in [2.05, 4.69) is 10.2 Å². The molecule has 2 heterocycles. The van der Waals surface area contributed by atoms with Crippen molar-refractivity contribution in [2.45, 2.75) is 50.4 Å². The Morgan fingerprint density at radius 1 is 1.11 bits per heavy atom. The smallest absolute Gasteiger partial charge is 0.341 e. The maximum Gasteiger partial charge on any atom is 0.341 e. The third kappa shape index (κ3) is 4.25. The predicted octanol–water partition coefficient (Wildman–Crippen LogP) is 6.42. The summed E-state index contributed by atoms with van der Waals surface area (Å²) in [6, 6.07) is 8.11. The van der Waals surface area contributed by atoms with E-state index in [0.29, 0.717) is 46.1 Å². The number of hydrogen-bond donors (Lipinski definition) is 2. The van der Waals surface area contributed by atoms with Crippen LogP contribution in [0.5, 0.6) is 0 Å². The second-order valence-electron chi connectivity index (χ2n) is 9.89. The van der Waals surface area contributed by atoms with Crippen LogP contribution in [0.15, 0.2) is 30.3 Å². The molecule has 2 N–H and O–H groups in total. The highest BCUT2D eigenvalue weighted by Crippen LogP contribution is 2.45. The van der Waals surface area contributed by atoms with Crippen molar-refractivity contribution in [2.24, 2.45) is 5.92 Å². The number of anilines is 1. The van der Waals surface area contributed by atoms with Crippen molar-refractivity contribution in [3.05, 3.63) is 68.8 Å². The molecular formula is C26H23Cl2F2N3O3. The quantitative estimate of drug-likeness (QED) is 0.366. The zero-order valence-corrected chi connectivity index (χ0v) is 20.6. The van der Waals surface area contributed by atoms with Crippen LogP contribution in [0, 0.1) is 17.6 Å². The highest BCUT2D eigenvalue weighted by Gasteiger charge is 2.45. The van der Waals surface area contributed by atoms with Crippen molar-refractivity contribution in [3.63, 3.8) is 0 Å². The number of H-pyrrole nitrogens is 1. The molecule has 3 aliphatic rings.